The van der Waals surface area contributed by atoms with Gasteiger partial charge in [0.25, 0.3) is 0 Å². The molecule has 0 amide bonds. The second kappa shape index (κ2) is 7.84. The van der Waals surface area contributed by atoms with E-state index in [4.69, 9.17) is 5.84 Å². The van der Waals surface area contributed by atoms with Crippen molar-refractivity contribution in [2.75, 3.05) is 17.3 Å². The molecular formula is C12H23N5O. The van der Waals surface area contributed by atoms with Gasteiger partial charge >= 0.3 is 0 Å². The molecule has 5 N–H and O–H groups in total. The summed E-state index contributed by atoms with van der Waals surface area (Å²) in [5, 5.41) is 12.7. The zero-order valence-corrected chi connectivity index (χ0v) is 11.1. The van der Waals surface area contributed by atoms with Crippen molar-refractivity contribution in [2.24, 2.45) is 5.84 Å². The van der Waals surface area contributed by atoms with E-state index in [0.717, 1.165) is 30.6 Å². The molecule has 0 aromatic carbocycles. The number of nitrogens with two attached hydrogens (primary N) is 1. The van der Waals surface area contributed by atoms with Crippen LogP contribution in [-0.4, -0.2) is 27.7 Å². The molecule has 0 saturated carbocycles. The highest BCUT2D eigenvalue weighted by Crippen LogP contribution is 2.20. The summed E-state index contributed by atoms with van der Waals surface area (Å²) in [5.41, 5.74) is 3.58. The minimum Gasteiger partial charge on any atom is -0.393 e. The Labute approximate surface area is 108 Å². The van der Waals surface area contributed by atoms with Crippen LogP contribution >= 0.6 is 0 Å². The summed E-state index contributed by atoms with van der Waals surface area (Å²) >= 11 is 0. The van der Waals surface area contributed by atoms with Gasteiger partial charge in [0.15, 0.2) is 0 Å². The van der Waals surface area contributed by atoms with Crippen molar-refractivity contribution in [3.63, 3.8) is 0 Å². The minimum atomic E-state index is -0.263. The molecule has 0 bridgehead atoms. The molecule has 102 valence electrons. The first-order valence-corrected chi connectivity index (χ1v) is 6.45. The first kappa shape index (κ1) is 14.7. The standard InChI is InChI=1S/C12H23N5O/c1-3-5-10-11(14-7-6-9(18)4-2)15-8-16-12(10)17-13/h8-9,18H,3-7,13H2,1-2H3,(H2,14,15,16,17). The van der Waals surface area contributed by atoms with Crippen molar-refractivity contribution < 1.29 is 5.11 Å². The number of hydrogen-bond donors (Lipinski definition) is 4. The third kappa shape index (κ3) is 4.12. The molecule has 0 aliphatic rings. The molecule has 1 atom stereocenters. The lowest BCUT2D eigenvalue weighted by atomic mass is 10.1. The van der Waals surface area contributed by atoms with Crippen LogP contribution in [0.3, 0.4) is 0 Å². The highest BCUT2D eigenvalue weighted by atomic mass is 16.3. The smallest absolute Gasteiger partial charge is 0.148 e. The van der Waals surface area contributed by atoms with Gasteiger partial charge in [-0.2, -0.15) is 0 Å². The van der Waals surface area contributed by atoms with E-state index in [2.05, 4.69) is 27.6 Å². The number of hydrazine groups is 1. The van der Waals surface area contributed by atoms with Crippen LogP contribution in [0, 0.1) is 0 Å². The summed E-state index contributed by atoms with van der Waals surface area (Å²) in [4.78, 5) is 8.33. The van der Waals surface area contributed by atoms with E-state index in [1.165, 1.54) is 6.33 Å². The van der Waals surface area contributed by atoms with E-state index in [1.807, 2.05) is 6.92 Å². The summed E-state index contributed by atoms with van der Waals surface area (Å²) in [6.07, 6.45) is 4.54. The Morgan fingerprint density at radius 2 is 2.06 bits per heavy atom. The van der Waals surface area contributed by atoms with Gasteiger partial charge in [-0.1, -0.05) is 20.3 Å². The molecule has 0 aliphatic carbocycles. The predicted molar refractivity (Wildman–Crippen MR) is 73.2 cm³/mol. The van der Waals surface area contributed by atoms with Gasteiger partial charge < -0.3 is 15.8 Å². The largest absolute Gasteiger partial charge is 0.393 e. The third-order valence-corrected chi connectivity index (χ3v) is 2.82. The fraction of sp³-hybridized carbons (Fsp3) is 0.667. The van der Waals surface area contributed by atoms with Gasteiger partial charge in [0, 0.05) is 12.1 Å². The average Bonchev–Trinajstić information content (AvgIpc) is 2.40. The van der Waals surface area contributed by atoms with Crippen molar-refractivity contribution in [1.29, 1.82) is 0 Å². The SMILES string of the molecule is CCCc1c(NN)ncnc1NCCC(O)CC. The van der Waals surface area contributed by atoms with E-state index in [0.29, 0.717) is 18.8 Å². The Bertz CT molecular complexity index is 358. The molecule has 18 heavy (non-hydrogen) atoms. The Balaban J connectivity index is 2.68. The van der Waals surface area contributed by atoms with Gasteiger partial charge in [-0.25, -0.2) is 15.8 Å². The summed E-state index contributed by atoms with van der Waals surface area (Å²) < 4.78 is 0. The molecule has 0 spiro atoms. The van der Waals surface area contributed by atoms with Crippen molar-refractivity contribution >= 4 is 11.6 Å². The molecule has 0 radical (unpaired) electrons. The monoisotopic (exact) mass is 253 g/mol. The normalized spacial score (nSPS) is 12.2. The highest BCUT2D eigenvalue weighted by molar-refractivity contribution is 5.56. The first-order chi connectivity index (χ1) is 8.72. The maximum Gasteiger partial charge on any atom is 0.148 e. The lowest BCUT2D eigenvalue weighted by Gasteiger charge is -2.14. The number of nitrogen functional groups attached to an aromatic ring is 1. The van der Waals surface area contributed by atoms with Crippen LogP contribution in [0.25, 0.3) is 0 Å². The van der Waals surface area contributed by atoms with Gasteiger partial charge in [0.05, 0.1) is 6.10 Å². The summed E-state index contributed by atoms with van der Waals surface area (Å²) in [6.45, 7) is 4.75. The third-order valence-electron chi connectivity index (χ3n) is 2.82. The van der Waals surface area contributed by atoms with E-state index in [-0.39, 0.29) is 6.10 Å². The van der Waals surface area contributed by atoms with Crippen LogP contribution in [0.2, 0.25) is 0 Å². The zero-order valence-electron chi connectivity index (χ0n) is 11.1. The van der Waals surface area contributed by atoms with Crippen molar-refractivity contribution in [3.8, 4) is 0 Å². The Morgan fingerprint density at radius 3 is 2.67 bits per heavy atom. The molecule has 1 rings (SSSR count). The van der Waals surface area contributed by atoms with Crippen molar-refractivity contribution in [1.82, 2.24) is 9.97 Å². The van der Waals surface area contributed by atoms with Gasteiger partial charge in [0.2, 0.25) is 0 Å². The van der Waals surface area contributed by atoms with Crippen LogP contribution in [0.4, 0.5) is 11.6 Å². The Kier molecular flexibility index (Phi) is 6.38. The summed E-state index contributed by atoms with van der Waals surface area (Å²) in [7, 11) is 0. The zero-order chi connectivity index (χ0) is 13.4. The van der Waals surface area contributed by atoms with Gasteiger partial charge in [-0.05, 0) is 19.3 Å². The van der Waals surface area contributed by atoms with Crippen LogP contribution in [-0.2, 0) is 6.42 Å². The second-order valence-corrected chi connectivity index (χ2v) is 4.22. The molecular weight excluding hydrogens is 230 g/mol. The van der Waals surface area contributed by atoms with Crippen LogP contribution in [0.5, 0.6) is 0 Å². The summed E-state index contributed by atoms with van der Waals surface area (Å²) in [6, 6.07) is 0. The first-order valence-electron chi connectivity index (χ1n) is 6.45. The topological polar surface area (TPSA) is 96.1 Å². The fourth-order valence-electron chi connectivity index (χ4n) is 1.74. The predicted octanol–water partition coefficient (Wildman–Crippen LogP) is 1.29. The molecule has 6 nitrogen and oxygen atoms in total. The van der Waals surface area contributed by atoms with Gasteiger partial charge in [-0.3, -0.25) is 0 Å². The average molecular weight is 253 g/mol. The molecule has 1 aromatic heterocycles. The van der Waals surface area contributed by atoms with E-state index < -0.39 is 0 Å². The Hall–Kier alpha value is -1.40. The second-order valence-electron chi connectivity index (χ2n) is 4.22. The van der Waals surface area contributed by atoms with Crippen LogP contribution in [0.1, 0.15) is 38.7 Å². The maximum atomic E-state index is 9.50. The lowest BCUT2D eigenvalue weighted by Crippen LogP contribution is -2.17. The van der Waals surface area contributed by atoms with Crippen LogP contribution < -0.4 is 16.6 Å². The van der Waals surface area contributed by atoms with Gasteiger partial charge in [0.1, 0.15) is 18.0 Å². The van der Waals surface area contributed by atoms with Crippen molar-refractivity contribution in [2.45, 2.75) is 45.6 Å². The number of hydrogen-bond acceptors (Lipinski definition) is 6. The molecule has 0 aliphatic heterocycles. The molecule has 0 fully saturated rings. The Morgan fingerprint density at radius 1 is 1.33 bits per heavy atom. The van der Waals surface area contributed by atoms with Crippen molar-refractivity contribution in [3.05, 3.63) is 11.9 Å². The number of rotatable bonds is 8. The lowest BCUT2D eigenvalue weighted by molar-refractivity contribution is 0.164. The summed E-state index contributed by atoms with van der Waals surface area (Å²) in [5.74, 6) is 6.89. The molecule has 1 unspecified atom stereocenters. The van der Waals surface area contributed by atoms with E-state index >= 15 is 0 Å². The molecule has 1 heterocycles. The highest BCUT2D eigenvalue weighted by Gasteiger charge is 2.10. The van der Waals surface area contributed by atoms with E-state index in [9.17, 15) is 5.11 Å². The van der Waals surface area contributed by atoms with Gasteiger partial charge in [-0.15, -0.1) is 0 Å². The quantitative estimate of drug-likeness (QED) is 0.412. The number of anilines is 2. The maximum absolute atomic E-state index is 9.50. The number of nitrogens with zero attached hydrogens (tertiary/aromatic N) is 2. The number of aliphatic hydroxyl groups is 1. The minimum absolute atomic E-state index is 0.263. The molecule has 0 saturated heterocycles. The number of aromatic nitrogens is 2. The molecule has 6 heteroatoms. The van der Waals surface area contributed by atoms with E-state index in [1.54, 1.807) is 0 Å². The molecule has 1 aromatic rings. The number of aliphatic hydroxyl groups excluding tert-OH is 1. The van der Waals surface area contributed by atoms with Crippen LogP contribution in [0.15, 0.2) is 6.33 Å². The number of nitrogens with one attached hydrogen (secondary N) is 2. The fourth-order valence-corrected chi connectivity index (χ4v) is 1.74.